The minimum Gasteiger partial charge on any atom is -0.386 e. The molecule has 1 aromatic carbocycles. The number of fused-ring (bicyclic) bond motifs is 3. The second-order valence-corrected chi connectivity index (χ2v) is 6.63. The van der Waals surface area contributed by atoms with E-state index in [-0.39, 0.29) is 11.5 Å². The molecule has 0 saturated carbocycles. The number of rotatable bonds is 6. The van der Waals surface area contributed by atoms with Crippen LogP contribution >= 0.6 is 0 Å². The molecule has 1 aromatic rings. The molecular weight excluding hydrogens is 296 g/mol. The maximum atomic E-state index is 10.2. The van der Waals surface area contributed by atoms with Gasteiger partial charge in [0.15, 0.2) is 0 Å². The molecule has 4 rings (SSSR count). The molecule has 5 heteroatoms. The summed E-state index contributed by atoms with van der Waals surface area (Å²) >= 11 is 0. The molecule has 3 fully saturated rings. The van der Waals surface area contributed by atoms with E-state index >= 15 is 0 Å². The number of hydrogen-bond donors (Lipinski definition) is 1. The second kappa shape index (κ2) is 6.71. The Morgan fingerprint density at radius 2 is 1.78 bits per heavy atom. The van der Waals surface area contributed by atoms with Crippen molar-refractivity contribution in [2.75, 3.05) is 19.8 Å². The third-order valence-corrected chi connectivity index (χ3v) is 4.20. The van der Waals surface area contributed by atoms with Crippen LogP contribution in [0, 0.1) is 5.41 Å². The summed E-state index contributed by atoms with van der Waals surface area (Å²) in [4.78, 5) is 0. The molecule has 2 atom stereocenters. The zero-order valence-corrected chi connectivity index (χ0v) is 13.6. The van der Waals surface area contributed by atoms with E-state index in [2.05, 4.69) is 6.92 Å². The molecule has 0 radical (unpaired) electrons. The molecule has 2 bridgehead atoms. The van der Waals surface area contributed by atoms with Crippen molar-refractivity contribution in [2.24, 2.45) is 5.41 Å². The van der Waals surface area contributed by atoms with Crippen molar-refractivity contribution in [3.63, 3.8) is 0 Å². The summed E-state index contributed by atoms with van der Waals surface area (Å²) in [6.07, 6.45) is 2.14. The van der Waals surface area contributed by atoms with Gasteiger partial charge < -0.3 is 24.1 Å². The Morgan fingerprint density at radius 3 is 2.39 bits per heavy atom. The summed E-state index contributed by atoms with van der Waals surface area (Å²) in [6.45, 7) is 6.12. The SMILES string of the molecule is C[C@H](OCc1ccccc1)[C@H](O)/C=C/C12OCC(C)(CO1)CO2. The van der Waals surface area contributed by atoms with E-state index in [1.165, 1.54) is 0 Å². The minimum absolute atomic E-state index is 0.0692. The lowest BCUT2D eigenvalue weighted by Gasteiger charge is -2.49. The van der Waals surface area contributed by atoms with Crippen LogP contribution in [0.5, 0.6) is 0 Å². The van der Waals surface area contributed by atoms with Gasteiger partial charge in [0.25, 0.3) is 0 Å². The Balaban J connectivity index is 1.51. The fourth-order valence-corrected chi connectivity index (χ4v) is 2.49. The molecule has 23 heavy (non-hydrogen) atoms. The summed E-state index contributed by atoms with van der Waals surface area (Å²) < 4.78 is 22.6. The molecule has 0 aromatic heterocycles. The van der Waals surface area contributed by atoms with Crippen molar-refractivity contribution in [1.82, 2.24) is 0 Å². The van der Waals surface area contributed by atoms with Gasteiger partial charge in [0.05, 0.1) is 38.6 Å². The number of benzene rings is 1. The highest BCUT2D eigenvalue weighted by Gasteiger charge is 2.49. The average Bonchev–Trinajstić information content (AvgIpc) is 2.60. The molecule has 126 valence electrons. The largest absolute Gasteiger partial charge is 0.386 e. The Labute approximate surface area is 136 Å². The van der Waals surface area contributed by atoms with Gasteiger partial charge in [-0.15, -0.1) is 0 Å². The van der Waals surface area contributed by atoms with Gasteiger partial charge in [-0.05, 0) is 18.6 Å². The molecule has 3 saturated heterocycles. The third-order valence-electron chi connectivity index (χ3n) is 4.20. The number of hydrogen-bond acceptors (Lipinski definition) is 5. The van der Waals surface area contributed by atoms with E-state index < -0.39 is 12.1 Å². The highest BCUT2D eigenvalue weighted by atomic mass is 16.9. The number of aliphatic hydroxyl groups excluding tert-OH is 1. The van der Waals surface area contributed by atoms with Crippen molar-refractivity contribution in [3.8, 4) is 0 Å². The summed E-state index contributed by atoms with van der Waals surface area (Å²) in [6, 6.07) is 9.87. The van der Waals surface area contributed by atoms with Crippen molar-refractivity contribution < 1.29 is 24.1 Å². The predicted octanol–water partition coefficient (Wildman–Crippen LogP) is 2.25. The van der Waals surface area contributed by atoms with E-state index in [1.54, 1.807) is 12.2 Å². The number of aliphatic hydroxyl groups is 1. The Morgan fingerprint density at radius 1 is 1.17 bits per heavy atom. The maximum absolute atomic E-state index is 10.2. The van der Waals surface area contributed by atoms with Crippen LogP contribution in [0.2, 0.25) is 0 Å². The first-order chi connectivity index (χ1) is 11.0. The lowest BCUT2D eigenvalue weighted by Crippen LogP contribution is -2.58. The van der Waals surface area contributed by atoms with Crippen molar-refractivity contribution in [1.29, 1.82) is 0 Å². The summed E-state index contributed by atoms with van der Waals surface area (Å²) in [7, 11) is 0. The Kier molecular flexibility index (Phi) is 4.85. The van der Waals surface area contributed by atoms with Crippen LogP contribution in [-0.4, -0.2) is 43.1 Å². The standard InChI is InChI=1S/C18H24O5/c1-14(20-10-15-6-4-3-5-7-15)16(19)8-9-18-21-11-17(2,12-22-18)13-23-18/h3-9,14,16,19H,10-13H2,1-2H3/b9-8+/t14-,16+,17?,18?/m0/s1. The first-order valence-electron chi connectivity index (χ1n) is 7.95. The maximum Gasteiger partial charge on any atom is 0.304 e. The highest BCUT2D eigenvalue weighted by molar-refractivity contribution is 5.13. The summed E-state index contributed by atoms with van der Waals surface area (Å²) in [5.41, 5.74) is 1.00. The van der Waals surface area contributed by atoms with Crippen LogP contribution in [-0.2, 0) is 25.6 Å². The average molecular weight is 320 g/mol. The van der Waals surface area contributed by atoms with E-state index in [0.29, 0.717) is 26.4 Å². The van der Waals surface area contributed by atoms with E-state index in [4.69, 9.17) is 18.9 Å². The Bertz CT molecular complexity index is 517. The van der Waals surface area contributed by atoms with Gasteiger partial charge in [0, 0.05) is 11.5 Å². The first kappa shape index (κ1) is 16.6. The van der Waals surface area contributed by atoms with Crippen molar-refractivity contribution in [3.05, 3.63) is 48.0 Å². The molecule has 0 spiro atoms. The topological polar surface area (TPSA) is 57.2 Å². The molecule has 5 nitrogen and oxygen atoms in total. The van der Waals surface area contributed by atoms with Gasteiger partial charge in [-0.3, -0.25) is 0 Å². The smallest absolute Gasteiger partial charge is 0.304 e. The van der Waals surface area contributed by atoms with Crippen LogP contribution in [0.3, 0.4) is 0 Å². The lowest BCUT2D eigenvalue weighted by atomic mass is 9.92. The fraction of sp³-hybridized carbons (Fsp3) is 0.556. The molecule has 1 N–H and O–H groups in total. The molecule has 0 aliphatic carbocycles. The third kappa shape index (κ3) is 4.00. The van der Waals surface area contributed by atoms with E-state index in [1.807, 2.05) is 37.3 Å². The molecule has 0 amide bonds. The minimum atomic E-state index is -1.15. The predicted molar refractivity (Wildman–Crippen MR) is 84.5 cm³/mol. The van der Waals surface area contributed by atoms with Crippen LogP contribution in [0.15, 0.2) is 42.5 Å². The first-order valence-corrected chi connectivity index (χ1v) is 7.95. The molecular formula is C18H24O5. The molecule has 3 aliphatic rings. The quantitative estimate of drug-likeness (QED) is 0.815. The van der Waals surface area contributed by atoms with Crippen LogP contribution < -0.4 is 0 Å². The zero-order chi connectivity index (χ0) is 16.3. The zero-order valence-electron chi connectivity index (χ0n) is 13.6. The molecule has 3 aliphatic heterocycles. The second-order valence-electron chi connectivity index (χ2n) is 6.63. The van der Waals surface area contributed by atoms with Gasteiger partial charge in [0.1, 0.15) is 0 Å². The lowest BCUT2D eigenvalue weighted by molar-refractivity contribution is -0.441. The fourth-order valence-electron chi connectivity index (χ4n) is 2.49. The summed E-state index contributed by atoms with van der Waals surface area (Å²) in [5, 5.41) is 10.2. The van der Waals surface area contributed by atoms with Gasteiger partial charge in [-0.2, -0.15) is 0 Å². The summed E-state index contributed by atoms with van der Waals surface area (Å²) in [5.74, 6) is -1.15. The Hall–Kier alpha value is -1.24. The molecule has 3 heterocycles. The van der Waals surface area contributed by atoms with Crippen LogP contribution in [0.4, 0.5) is 0 Å². The van der Waals surface area contributed by atoms with Crippen molar-refractivity contribution in [2.45, 2.75) is 38.6 Å². The van der Waals surface area contributed by atoms with Crippen LogP contribution in [0.1, 0.15) is 19.4 Å². The monoisotopic (exact) mass is 320 g/mol. The highest BCUT2D eigenvalue weighted by Crippen LogP contribution is 2.38. The number of ether oxygens (including phenoxy) is 4. The normalized spacial score (nSPS) is 33.0. The van der Waals surface area contributed by atoms with Gasteiger partial charge in [-0.1, -0.05) is 37.3 Å². The van der Waals surface area contributed by atoms with E-state index in [0.717, 1.165) is 5.56 Å². The van der Waals surface area contributed by atoms with Gasteiger partial charge in [-0.25, -0.2) is 0 Å². The van der Waals surface area contributed by atoms with Crippen molar-refractivity contribution >= 4 is 0 Å². The van der Waals surface area contributed by atoms with Gasteiger partial charge >= 0.3 is 5.97 Å². The molecule has 0 unspecified atom stereocenters. The van der Waals surface area contributed by atoms with Crippen LogP contribution in [0.25, 0.3) is 0 Å². The van der Waals surface area contributed by atoms with Gasteiger partial charge in [0.2, 0.25) is 0 Å². The van der Waals surface area contributed by atoms with E-state index in [9.17, 15) is 5.11 Å².